The Kier molecular flexibility index (Phi) is 6.64. The first kappa shape index (κ1) is 24.6. The van der Waals surface area contributed by atoms with Crippen molar-refractivity contribution in [2.75, 3.05) is 18.7 Å². The maximum absolute atomic E-state index is 12.9. The SMILES string of the molecule is O=C(CN1C(=O)S/C(=C\c2ccc(OCc3ccc4ccccc4c3)cc2)C1=O)Nc1ccc2c(c1)OCO2. The smallest absolute Gasteiger partial charge is 0.294 e. The van der Waals surface area contributed by atoms with Gasteiger partial charge in [-0.1, -0.05) is 48.5 Å². The fourth-order valence-corrected chi connectivity index (χ4v) is 5.10. The molecule has 0 unspecified atom stereocenters. The third-order valence-corrected chi connectivity index (χ3v) is 7.14. The number of nitrogens with one attached hydrogen (secondary N) is 1. The van der Waals surface area contributed by atoms with Crippen molar-refractivity contribution < 1.29 is 28.6 Å². The Morgan fingerprint density at radius 1 is 0.923 bits per heavy atom. The van der Waals surface area contributed by atoms with Crippen LogP contribution in [0.5, 0.6) is 17.2 Å². The molecule has 1 fully saturated rings. The van der Waals surface area contributed by atoms with Crippen molar-refractivity contribution in [2.24, 2.45) is 0 Å². The highest BCUT2D eigenvalue weighted by Crippen LogP contribution is 2.35. The Hall–Kier alpha value is -4.76. The summed E-state index contributed by atoms with van der Waals surface area (Å²) in [5.41, 5.74) is 2.28. The maximum Gasteiger partial charge on any atom is 0.294 e. The van der Waals surface area contributed by atoms with Gasteiger partial charge in [0.25, 0.3) is 11.1 Å². The summed E-state index contributed by atoms with van der Waals surface area (Å²) in [5.74, 6) is 0.794. The van der Waals surface area contributed by atoms with Gasteiger partial charge in [0.15, 0.2) is 11.5 Å². The third-order valence-electron chi connectivity index (χ3n) is 6.23. The van der Waals surface area contributed by atoms with E-state index in [1.54, 1.807) is 24.3 Å². The number of carbonyl (C=O) groups is 3. The van der Waals surface area contributed by atoms with E-state index in [-0.39, 0.29) is 11.7 Å². The van der Waals surface area contributed by atoms with Gasteiger partial charge in [-0.05, 0) is 70.1 Å². The number of thioether (sulfide) groups is 1. The Morgan fingerprint density at radius 3 is 2.56 bits per heavy atom. The van der Waals surface area contributed by atoms with Gasteiger partial charge in [-0.3, -0.25) is 19.3 Å². The van der Waals surface area contributed by atoms with E-state index < -0.39 is 23.6 Å². The average molecular weight is 539 g/mol. The fraction of sp³-hybridized carbons (Fsp3) is 0.100. The second-order valence-electron chi connectivity index (χ2n) is 8.92. The lowest BCUT2D eigenvalue weighted by atomic mass is 10.1. The maximum atomic E-state index is 12.9. The van der Waals surface area contributed by atoms with Crippen LogP contribution in [0.15, 0.2) is 89.8 Å². The lowest BCUT2D eigenvalue weighted by Crippen LogP contribution is -2.36. The van der Waals surface area contributed by atoms with Gasteiger partial charge in [0, 0.05) is 11.8 Å². The highest BCUT2D eigenvalue weighted by atomic mass is 32.2. The van der Waals surface area contributed by atoms with Crippen molar-refractivity contribution in [3.8, 4) is 17.2 Å². The Morgan fingerprint density at radius 2 is 1.72 bits per heavy atom. The van der Waals surface area contributed by atoms with Crippen LogP contribution in [-0.2, 0) is 16.2 Å². The summed E-state index contributed by atoms with van der Waals surface area (Å²) in [5, 5.41) is 4.52. The van der Waals surface area contributed by atoms with Gasteiger partial charge in [0.05, 0.1) is 4.91 Å². The molecule has 2 heterocycles. The molecule has 1 N–H and O–H groups in total. The number of rotatable bonds is 7. The van der Waals surface area contributed by atoms with Gasteiger partial charge < -0.3 is 19.5 Å². The topological polar surface area (TPSA) is 94.2 Å². The van der Waals surface area contributed by atoms with Gasteiger partial charge in [-0.15, -0.1) is 0 Å². The first-order valence-corrected chi connectivity index (χ1v) is 13.0. The standard InChI is InChI=1S/C30H22N2O6S/c33-28(31-23-9-12-25-26(15-23)38-18-37-25)16-32-29(34)27(39-30(32)35)14-19-6-10-24(11-7-19)36-17-20-5-8-21-3-1-2-4-22(21)13-20/h1-15H,16-18H2,(H,31,33)/b27-14-. The van der Waals surface area contributed by atoms with Gasteiger partial charge in [0.1, 0.15) is 18.9 Å². The summed E-state index contributed by atoms with van der Waals surface area (Å²) < 4.78 is 16.5. The molecule has 2 aliphatic heterocycles. The molecule has 0 aliphatic carbocycles. The normalized spacial score (nSPS) is 15.3. The van der Waals surface area contributed by atoms with Crippen LogP contribution in [0.4, 0.5) is 10.5 Å². The van der Waals surface area contributed by atoms with E-state index in [1.807, 2.05) is 42.5 Å². The molecule has 194 valence electrons. The van der Waals surface area contributed by atoms with Crippen molar-refractivity contribution in [3.63, 3.8) is 0 Å². The number of anilines is 1. The van der Waals surface area contributed by atoms with E-state index >= 15 is 0 Å². The number of ether oxygens (including phenoxy) is 3. The van der Waals surface area contributed by atoms with E-state index in [2.05, 4.69) is 29.6 Å². The number of hydrogen-bond donors (Lipinski definition) is 1. The molecule has 0 radical (unpaired) electrons. The lowest BCUT2D eigenvalue weighted by Gasteiger charge is -2.12. The van der Waals surface area contributed by atoms with Crippen molar-refractivity contribution in [1.29, 1.82) is 0 Å². The van der Waals surface area contributed by atoms with Crippen molar-refractivity contribution >= 4 is 51.4 Å². The molecule has 1 saturated heterocycles. The van der Waals surface area contributed by atoms with Crippen LogP contribution in [0.1, 0.15) is 11.1 Å². The zero-order valence-electron chi connectivity index (χ0n) is 20.6. The van der Waals surface area contributed by atoms with Gasteiger partial charge in [0.2, 0.25) is 12.7 Å². The molecule has 0 saturated carbocycles. The molecule has 0 spiro atoms. The molecule has 3 amide bonds. The molecule has 0 aromatic heterocycles. The largest absolute Gasteiger partial charge is 0.489 e. The molecule has 4 aromatic carbocycles. The Balaban J connectivity index is 1.06. The number of benzene rings is 4. The highest BCUT2D eigenvalue weighted by Gasteiger charge is 2.36. The summed E-state index contributed by atoms with van der Waals surface area (Å²) in [6.07, 6.45) is 1.63. The van der Waals surface area contributed by atoms with Crippen LogP contribution >= 0.6 is 11.8 Å². The van der Waals surface area contributed by atoms with Gasteiger partial charge >= 0.3 is 0 Å². The summed E-state index contributed by atoms with van der Waals surface area (Å²) in [6.45, 7) is 0.159. The summed E-state index contributed by atoms with van der Waals surface area (Å²) in [6, 6.07) is 26.6. The van der Waals surface area contributed by atoms with Crippen molar-refractivity contribution in [1.82, 2.24) is 4.90 Å². The molecule has 39 heavy (non-hydrogen) atoms. The number of carbonyl (C=O) groups excluding carboxylic acids is 3. The lowest BCUT2D eigenvalue weighted by molar-refractivity contribution is -0.127. The zero-order chi connectivity index (χ0) is 26.8. The minimum absolute atomic E-state index is 0.122. The van der Waals surface area contributed by atoms with Crippen molar-refractivity contribution in [2.45, 2.75) is 6.61 Å². The van der Waals surface area contributed by atoms with E-state index in [0.29, 0.717) is 29.5 Å². The number of fused-ring (bicyclic) bond motifs is 2. The van der Waals surface area contributed by atoms with Crippen LogP contribution in [0.3, 0.4) is 0 Å². The van der Waals surface area contributed by atoms with Crippen LogP contribution in [0, 0.1) is 0 Å². The molecule has 8 nitrogen and oxygen atoms in total. The monoisotopic (exact) mass is 538 g/mol. The van der Waals surface area contributed by atoms with Gasteiger partial charge in [-0.2, -0.15) is 0 Å². The minimum Gasteiger partial charge on any atom is -0.489 e. The second-order valence-corrected chi connectivity index (χ2v) is 9.92. The predicted octanol–water partition coefficient (Wildman–Crippen LogP) is 5.82. The summed E-state index contributed by atoms with van der Waals surface area (Å²) in [7, 11) is 0. The molecule has 9 heteroatoms. The quantitative estimate of drug-likeness (QED) is 0.296. The van der Waals surface area contributed by atoms with Crippen LogP contribution in [0.25, 0.3) is 16.8 Å². The molecular weight excluding hydrogens is 516 g/mol. The average Bonchev–Trinajstić information content (AvgIpc) is 3.52. The Bertz CT molecular complexity index is 1630. The van der Waals surface area contributed by atoms with E-state index in [9.17, 15) is 14.4 Å². The number of imide groups is 1. The third kappa shape index (κ3) is 5.44. The molecule has 0 atom stereocenters. The number of nitrogens with zero attached hydrogens (tertiary/aromatic N) is 1. The molecule has 6 rings (SSSR count). The van der Waals surface area contributed by atoms with E-state index in [1.165, 1.54) is 5.39 Å². The fourth-order valence-electron chi connectivity index (χ4n) is 4.26. The van der Waals surface area contributed by atoms with Crippen LogP contribution < -0.4 is 19.5 Å². The first-order valence-electron chi connectivity index (χ1n) is 12.2. The number of amides is 3. The first-order chi connectivity index (χ1) is 19.0. The Labute approximate surface area is 228 Å². The zero-order valence-corrected chi connectivity index (χ0v) is 21.4. The minimum atomic E-state index is -0.512. The molecule has 2 aliphatic rings. The van der Waals surface area contributed by atoms with E-state index in [0.717, 1.165) is 33.2 Å². The van der Waals surface area contributed by atoms with Crippen LogP contribution in [0.2, 0.25) is 0 Å². The second kappa shape index (κ2) is 10.5. The molecular formula is C30H22N2O6S. The van der Waals surface area contributed by atoms with Gasteiger partial charge in [-0.25, -0.2) is 0 Å². The van der Waals surface area contributed by atoms with Crippen molar-refractivity contribution in [3.05, 3.63) is 101 Å². The summed E-state index contributed by atoms with van der Waals surface area (Å²) >= 11 is 0.805. The van der Waals surface area contributed by atoms with Crippen LogP contribution in [-0.4, -0.2) is 35.3 Å². The predicted molar refractivity (Wildman–Crippen MR) is 149 cm³/mol. The summed E-state index contributed by atoms with van der Waals surface area (Å²) in [4.78, 5) is 39.0. The number of hydrogen-bond acceptors (Lipinski definition) is 7. The molecule has 0 bridgehead atoms. The van der Waals surface area contributed by atoms with E-state index in [4.69, 9.17) is 14.2 Å². The molecule has 4 aromatic rings. The highest BCUT2D eigenvalue weighted by molar-refractivity contribution is 8.18.